The zero-order valence-electron chi connectivity index (χ0n) is 10.7. The summed E-state index contributed by atoms with van der Waals surface area (Å²) in [5.41, 5.74) is 7.61. The molecule has 0 amide bonds. The molecule has 0 atom stereocenters. The van der Waals surface area contributed by atoms with Gasteiger partial charge in [0, 0.05) is 22.5 Å². The lowest BCUT2D eigenvalue weighted by molar-refractivity contribution is 0.350. The number of aryl methyl sites for hydroxylation is 1. The first-order valence-corrected chi connectivity index (χ1v) is 6.05. The van der Waals surface area contributed by atoms with Crippen LogP contribution < -0.4 is 16.0 Å². The van der Waals surface area contributed by atoms with Crippen LogP contribution in [-0.2, 0) is 6.54 Å². The number of methoxy groups -OCH3 is 1. The van der Waals surface area contributed by atoms with E-state index in [1.54, 1.807) is 25.1 Å². The fourth-order valence-electron chi connectivity index (χ4n) is 1.78. The van der Waals surface area contributed by atoms with Crippen molar-refractivity contribution in [3.05, 3.63) is 50.9 Å². The van der Waals surface area contributed by atoms with Gasteiger partial charge in [-0.2, -0.15) is 0 Å². The molecule has 1 aromatic carbocycles. The van der Waals surface area contributed by atoms with Crippen molar-refractivity contribution in [2.45, 2.75) is 13.5 Å². The Morgan fingerprint density at radius 3 is 2.84 bits per heavy atom. The number of hydrogen-bond acceptors (Lipinski definition) is 4. The number of benzene rings is 1. The maximum atomic E-state index is 12.0. The number of aromatic nitrogens is 2. The van der Waals surface area contributed by atoms with Crippen LogP contribution in [0.1, 0.15) is 11.3 Å². The number of ether oxygens (including phenoxy) is 1. The van der Waals surface area contributed by atoms with Crippen LogP contribution in [0.2, 0.25) is 5.02 Å². The Kier molecular flexibility index (Phi) is 3.76. The van der Waals surface area contributed by atoms with E-state index < -0.39 is 0 Å². The van der Waals surface area contributed by atoms with Crippen LogP contribution in [0.4, 0.5) is 5.69 Å². The molecule has 5 nitrogen and oxygen atoms in total. The zero-order valence-corrected chi connectivity index (χ0v) is 11.4. The van der Waals surface area contributed by atoms with Crippen LogP contribution in [0.3, 0.4) is 0 Å². The van der Waals surface area contributed by atoms with Crippen LogP contribution in [0.5, 0.6) is 6.01 Å². The Morgan fingerprint density at radius 1 is 1.42 bits per heavy atom. The molecule has 0 bridgehead atoms. The molecule has 2 rings (SSSR count). The molecule has 0 fully saturated rings. The third kappa shape index (κ3) is 2.88. The summed E-state index contributed by atoms with van der Waals surface area (Å²) < 4.78 is 6.54. The molecule has 0 saturated carbocycles. The number of nitrogens with two attached hydrogens (primary N) is 1. The SMILES string of the molecule is COc1nc(C)cc(=O)n1Cc1cc(Cl)ccc1N. The van der Waals surface area contributed by atoms with E-state index in [4.69, 9.17) is 22.1 Å². The summed E-state index contributed by atoms with van der Waals surface area (Å²) in [7, 11) is 1.47. The molecule has 2 aromatic rings. The van der Waals surface area contributed by atoms with E-state index in [9.17, 15) is 4.79 Å². The van der Waals surface area contributed by atoms with Gasteiger partial charge in [-0.15, -0.1) is 0 Å². The molecule has 0 saturated heterocycles. The molecule has 1 aromatic heterocycles. The number of rotatable bonds is 3. The molecule has 0 radical (unpaired) electrons. The normalized spacial score (nSPS) is 10.5. The van der Waals surface area contributed by atoms with Crippen LogP contribution in [0, 0.1) is 6.92 Å². The molecular formula is C13H14ClN3O2. The van der Waals surface area contributed by atoms with Gasteiger partial charge in [0.05, 0.1) is 13.7 Å². The highest BCUT2D eigenvalue weighted by Gasteiger charge is 2.10. The van der Waals surface area contributed by atoms with Gasteiger partial charge in [-0.25, -0.2) is 4.98 Å². The molecule has 6 heteroatoms. The van der Waals surface area contributed by atoms with E-state index in [1.165, 1.54) is 17.7 Å². The first-order valence-electron chi connectivity index (χ1n) is 5.67. The van der Waals surface area contributed by atoms with E-state index in [1.807, 2.05) is 0 Å². The van der Waals surface area contributed by atoms with Gasteiger partial charge in [0.15, 0.2) is 0 Å². The van der Waals surface area contributed by atoms with E-state index in [-0.39, 0.29) is 18.1 Å². The van der Waals surface area contributed by atoms with Crippen molar-refractivity contribution in [1.82, 2.24) is 9.55 Å². The maximum absolute atomic E-state index is 12.0. The summed E-state index contributed by atoms with van der Waals surface area (Å²) in [6.45, 7) is 2.00. The molecule has 2 N–H and O–H groups in total. The molecule has 0 spiro atoms. The average molecular weight is 280 g/mol. The first kappa shape index (κ1) is 13.4. The van der Waals surface area contributed by atoms with Crippen LogP contribution >= 0.6 is 11.6 Å². The fourth-order valence-corrected chi connectivity index (χ4v) is 1.97. The predicted octanol–water partition coefficient (Wildman–Crippen LogP) is 1.84. The quantitative estimate of drug-likeness (QED) is 0.871. The number of nitrogens with zero attached hydrogens (tertiary/aromatic N) is 2. The molecular weight excluding hydrogens is 266 g/mol. The summed E-state index contributed by atoms with van der Waals surface area (Å²) in [4.78, 5) is 16.2. The summed E-state index contributed by atoms with van der Waals surface area (Å²) >= 11 is 5.93. The van der Waals surface area contributed by atoms with Gasteiger partial charge >= 0.3 is 0 Å². The van der Waals surface area contributed by atoms with Gasteiger partial charge in [0.1, 0.15) is 0 Å². The van der Waals surface area contributed by atoms with E-state index >= 15 is 0 Å². The van der Waals surface area contributed by atoms with Gasteiger partial charge < -0.3 is 10.5 Å². The Hall–Kier alpha value is -2.01. The van der Waals surface area contributed by atoms with E-state index in [0.29, 0.717) is 16.4 Å². The third-order valence-electron chi connectivity index (χ3n) is 2.72. The fraction of sp³-hybridized carbons (Fsp3) is 0.231. The monoisotopic (exact) mass is 279 g/mol. The smallest absolute Gasteiger partial charge is 0.299 e. The number of halogens is 1. The third-order valence-corrected chi connectivity index (χ3v) is 2.95. The first-order chi connectivity index (χ1) is 9.01. The lowest BCUT2D eigenvalue weighted by Crippen LogP contribution is -2.23. The highest BCUT2D eigenvalue weighted by atomic mass is 35.5. The molecule has 0 aliphatic rings. The molecule has 100 valence electrons. The van der Waals surface area contributed by atoms with Crippen LogP contribution in [0.15, 0.2) is 29.1 Å². The van der Waals surface area contributed by atoms with Crippen molar-refractivity contribution >= 4 is 17.3 Å². The standard InChI is InChI=1S/C13H14ClN3O2/c1-8-5-12(18)17(13(16-8)19-2)7-9-6-10(14)3-4-11(9)15/h3-6H,7,15H2,1-2H3. The average Bonchev–Trinajstić information content (AvgIpc) is 2.36. The summed E-state index contributed by atoms with van der Waals surface area (Å²) in [6, 6.07) is 6.83. The molecule has 0 aliphatic carbocycles. The summed E-state index contributed by atoms with van der Waals surface area (Å²) in [5, 5.41) is 0.566. The van der Waals surface area contributed by atoms with Gasteiger partial charge in [0.2, 0.25) is 0 Å². The minimum absolute atomic E-state index is 0.191. The number of hydrogen-bond donors (Lipinski definition) is 1. The second kappa shape index (κ2) is 5.32. The Balaban J connectivity index is 2.49. The van der Waals surface area contributed by atoms with E-state index in [2.05, 4.69) is 4.98 Å². The summed E-state index contributed by atoms with van der Waals surface area (Å²) in [6.07, 6.45) is 0. The minimum atomic E-state index is -0.191. The number of anilines is 1. The van der Waals surface area contributed by atoms with Crippen molar-refractivity contribution in [3.63, 3.8) is 0 Å². The second-order valence-electron chi connectivity index (χ2n) is 4.15. The van der Waals surface area contributed by atoms with Crippen LogP contribution in [0.25, 0.3) is 0 Å². The molecule has 19 heavy (non-hydrogen) atoms. The Morgan fingerprint density at radius 2 is 2.16 bits per heavy atom. The lowest BCUT2D eigenvalue weighted by atomic mass is 10.2. The van der Waals surface area contributed by atoms with Crippen molar-refractivity contribution in [3.8, 4) is 6.01 Å². The van der Waals surface area contributed by atoms with E-state index in [0.717, 1.165) is 5.56 Å². The lowest BCUT2D eigenvalue weighted by Gasteiger charge is -2.12. The van der Waals surface area contributed by atoms with Gasteiger partial charge in [-0.1, -0.05) is 11.6 Å². The largest absolute Gasteiger partial charge is 0.468 e. The van der Waals surface area contributed by atoms with Gasteiger partial charge in [-0.3, -0.25) is 9.36 Å². The van der Waals surface area contributed by atoms with Gasteiger partial charge in [-0.05, 0) is 30.7 Å². The summed E-state index contributed by atoms with van der Waals surface area (Å²) in [5.74, 6) is 0. The molecule has 0 unspecified atom stereocenters. The molecule has 0 aliphatic heterocycles. The highest BCUT2D eigenvalue weighted by molar-refractivity contribution is 6.30. The predicted molar refractivity (Wildman–Crippen MR) is 74.8 cm³/mol. The van der Waals surface area contributed by atoms with Crippen LogP contribution in [-0.4, -0.2) is 16.7 Å². The minimum Gasteiger partial charge on any atom is -0.468 e. The van der Waals surface area contributed by atoms with Crippen molar-refractivity contribution in [2.75, 3.05) is 12.8 Å². The molecule has 1 heterocycles. The second-order valence-corrected chi connectivity index (χ2v) is 4.59. The zero-order chi connectivity index (χ0) is 14.0. The Bertz CT molecular complexity index is 667. The van der Waals surface area contributed by atoms with Gasteiger partial charge in [0.25, 0.3) is 11.6 Å². The van der Waals surface area contributed by atoms with Crippen molar-refractivity contribution in [2.24, 2.45) is 0 Å². The number of nitrogen functional groups attached to an aromatic ring is 1. The topological polar surface area (TPSA) is 70.1 Å². The maximum Gasteiger partial charge on any atom is 0.299 e. The van der Waals surface area contributed by atoms with Crippen molar-refractivity contribution in [1.29, 1.82) is 0 Å². The highest BCUT2D eigenvalue weighted by Crippen LogP contribution is 2.19. The Labute approximate surface area is 115 Å². The van der Waals surface area contributed by atoms with Crippen molar-refractivity contribution < 1.29 is 4.74 Å².